The van der Waals surface area contributed by atoms with Gasteiger partial charge in [-0.3, -0.25) is 14.5 Å². The Morgan fingerprint density at radius 3 is 2.80 bits per heavy atom. The van der Waals surface area contributed by atoms with Crippen LogP contribution < -0.4 is 0 Å². The molecule has 1 N–H and O–H groups in total. The summed E-state index contributed by atoms with van der Waals surface area (Å²) in [5.74, 6) is 1.46. The summed E-state index contributed by atoms with van der Waals surface area (Å²) in [5.41, 5.74) is 0.0603. The largest absolute Gasteiger partial charge is 0.385 e. The van der Waals surface area contributed by atoms with Crippen LogP contribution in [0.3, 0.4) is 0 Å². The smallest absolute Gasteiger partial charge is 0.162 e. The summed E-state index contributed by atoms with van der Waals surface area (Å²) in [6.45, 7) is 6.68. The molecular weight excluding hydrogens is 314 g/mol. The lowest BCUT2D eigenvalue weighted by Crippen LogP contribution is -2.65. The molecule has 6 rings (SSSR count). The van der Waals surface area contributed by atoms with Crippen molar-refractivity contribution in [2.24, 2.45) is 28.6 Å². The summed E-state index contributed by atoms with van der Waals surface area (Å²) in [6, 6.07) is 0.446. The molecule has 0 unspecified atom stereocenters. The number of Topliss-reactive ketones (excluding diaryl/α,β-unsaturated/α-hetero) is 2. The molecule has 4 heteroatoms. The van der Waals surface area contributed by atoms with Gasteiger partial charge in [0.15, 0.2) is 5.78 Å². The van der Waals surface area contributed by atoms with Crippen LogP contribution in [0.15, 0.2) is 11.1 Å². The molecule has 1 spiro atoms. The zero-order valence-electron chi connectivity index (χ0n) is 15.2. The Morgan fingerprint density at radius 1 is 1.20 bits per heavy atom. The average molecular weight is 341 g/mol. The first kappa shape index (κ1) is 15.1. The zero-order valence-corrected chi connectivity index (χ0v) is 15.2. The number of nitrogens with zero attached hydrogens (tertiary/aromatic N) is 1. The number of aliphatic hydroxyl groups is 1. The molecule has 2 saturated heterocycles. The molecule has 0 radical (unpaired) electrons. The highest BCUT2D eigenvalue weighted by Gasteiger charge is 2.77. The van der Waals surface area contributed by atoms with Crippen LogP contribution in [0.5, 0.6) is 0 Å². The molecule has 2 bridgehead atoms. The normalized spacial score (nSPS) is 56.4. The fraction of sp³-hybridized carbons (Fsp3) is 0.810. The maximum atomic E-state index is 14.0. The van der Waals surface area contributed by atoms with Gasteiger partial charge in [-0.25, -0.2) is 0 Å². The van der Waals surface area contributed by atoms with Crippen LogP contribution in [0, 0.1) is 28.6 Å². The van der Waals surface area contributed by atoms with Gasteiger partial charge in [0.2, 0.25) is 0 Å². The number of hydrogen-bond acceptors (Lipinski definition) is 4. The molecule has 4 nitrogen and oxygen atoms in total. The van der Waals surface area contributed by atoms with Crippen molar-refractivity contribution in [2.75, 3.05) is 13.1 Å². The van der Waals surface area contributed by atoms with Crippen molar-refractivity contribution in [3.63, 3.8) is 0 Å². The molecule has 6 aliphatic rings. The molecule has 2 heterocycles. The summed E-state index contributed by atoms with van der Waals surface area (Å²) in [4.78, 5) is 29.4. The van der Waals surface area contributed by atoms with Crippen molar-refractivity contribution >= 4 is 11.6 Å². The van der Waals surface area contributed by atoms with Crippen LogP contribution >= 0.6 is 0 Å². The number of carbonyl (C=O) groups is 2. The van der Waals surface area contributed by atoms with Crippen LogP contribution in [-0.4, -0.2) is 46.3 Å². The van der Waals surface area contributed by atoms with Gasteiger partial charge >= 0.3 is 0 Å². The third kappa shape index (κ3) is 1.34. The summed E-state index contributed by atoms with van der Waals surface area (Å²) in [5, 5.41) is 11.4. The van der Waals surface area contributed by atoms with E-state index in [0.717, 1.165) is 49.9 Å². The predicted octanol–water partition coefficient (Wildman–Crippen LogP) is 2.11. The number of hydrogen-bond donors (Lipinski definition) is 1. The summed E-state index contributed by atoms with van der Waals surface area (Å²) >= 11 is 0. The van der Waals surface area contributed by atoms with Crippen molar-refractivity contribution in [1.82, 2.24) is 4.90 Å². The van der Waals surface area contributed by atoms with Gasteiger partial charge in [-0.1, -0.05) is 13.8 Å². The Morgan fingerprint density at radius 2 is 2.00 bits per heavy atom. The lowest BCUT2D eigenvalue weighted by Gasteiger charge is -2.59. The summed E-state index contributed by atoms with van der Waals surface area (Å²) in [7, 11) is 0. The molecule has 25 heavy (non-hydrogen) atoms. The molecule has 0 aromatic rings. The zero-order chi connectivity index (χ0) is 17.4. The number of fused-ring (bicyclic) bond motifs is 1. The van der Waals surface area contributed by atoms with Gasteiger partial charge in [-0.15, -0.1) is 0 Å². The van der Waals surface area contributed by atoms with Crippen LogP contribution in [0.4, 0.5) is 0 Å². The molecule has 2 saturated carbocycles. The van der Waals surface area contributed by atoms with Gasteiger partial charge in [0.25, 0.3) is 0 Å². The second-order valence-corrected chi connectivity index (χ2v) is 10.1. The summed E-state index contributed by atoms with van der Waals surface area (Å²) in [6.07, 6.45) is 4.34. The Labute approximate surface area is 148 Å². The van der Waals surface area contributed by atoms with Crippen LogP contribution in [0.2, 0.25) is 0 Å². The highest BCUT2D eigenvalue weighted by Crippen LogP contribution is 2.74. The van der Waals surface area contributed by atoms with E-state index in [1.165, 1.54) is 0 Å². The van der Waals surface area contributed by atoms with Crippen LogP contribution in [0.25, 0.3) is 0 Å². The van der Waals surface area contributed by atoms with Crippen molar-refractivity contribution in [3.05, 3.63) is 11.1 Å². The standard InChI is InChI=1S/C21H27NO3/c1-11-9-22-10-12-3-4-13-15(23)8-20(25)5-6-21(17(13)20)18(24)14(11)7-16(22)19(12,21)2/h11-12,14,16,25H,3-10H2,1-2H3/t11-,12-,14-,16-,19-,20-,21+/m1/s1. The van der Waals surface area contributed by atoms with Gasteiger partial charge in [-0.05, 0) is 55.1 Å². The van der Waals surface area contributed by atoms with E-state index < -0.39 is 11.0 Å². The van der Waals surface area contributed by atoms with Crippen molar-refractivity contribution < 1.29 is 14.7 Å². The van der Waals surface area contributed by atoms with E-state index in [4.69, 9.17) is 0 Å². The van der Waals surface area contributed by atoms with Crippen molar-refractivity contribution in [3.8, 4) is 0 Å². The van der Waals surface area contributed by atoms with Gasteiger partial charge in [-0.2, -0.15) is 0 Å². The van der Waals surface area contributed by atoms with E-state index >= 15 is 0 Å². The van der Waals surface area contributed by atoms with Gasteiger partial charge in [0.05, 0.1) is 11.0 Å². The van der Waals surface area contributed by atoms with Crippen molar-refractivity contribution in [1.29, 1.82) is 0 Å². The number of carbonyl (C=O) groups excluding carboxylic acids is 2. The maximum Gasteiger partial charge on any atom is 0.162 e. The molecule has 4 aliphatic carbocycles. The first-order valence-electron chi connectivity index (χ1n) is 10.1. The minimum Gasteiger partial charge on any atom is -0.385 e. The number of ketones is 2. The topological polar surface area (TPSA) is 57.6 Å². The Hall–Kier alpha value is -1.00. The molecule has 4 fully saturated rings. The quantitative estimate of drug-likeness (QED) is 0.733. The van der Waals surface area contributed by atoms with Crippen LogP contribution in [0.1, 0.15) is 52.4 Å². The van der Waals surface area contributed by atoms with E-state index in [-0.39, 0.29) is 23.5 Å². The molecule has 2 aliphatic heterocycles. The minimum absolute atomic E-state index is 0.104. The third-order valence-corrected chi connectivity index (χ3v) is 9.44. The summed E-state index contributed by atoms with van der Waals surface area (Å²) < 4.78 is 0. The van der Waals surface area contributed by atoms with E-state index in [1.54, 1.807) is 0 Å². The fourth-order valence-corrected chi connectivity index (χ4v) is 8.42. The van der Waals surface area contributed by atoms with E-state index in [0.29, 0.717) is 30.1 Å². The van der Waals surface area contributed by atoms with E-state index in [9.17, 15) is 14.7 Å². The van der Waals surface area contributed by atoms with E-state index in [1.807, 2.05) is 0 Å². The van der Waals surface area contributed by atoms with Crippen LogP contribution in [-0.2, 0) is 9.59 Å². The van der Waals surface area contributed by atoms with E-state index in [2.05, 4.69) is 18.7 Å². The van der Waals surface area contributed by atoms with Gasteiger partial charge in [0, 0.05) is 36.9 Å². The Bertz CT molecular complexity index is 771. The maximum absolute atomic E-state index is 14.0. The minimum atomic E-state index is -1.03. The molecule has 0 amide bonds. The third-order valence-electron chi connectivity index (χ3n) is 9.44. The average Bonchev–Trinajstić information content (AvgIpc) is 3.06. The molecule has 134 valence electrons. The monoisotopic (exact) mass is 341 g/mol. The fourth-order valence-electron chi connectivity index (χ4n) is 8.42. The number of rotatable bonds is 0. The van der Waals surface area contributed by atoms with Gasteiger partial charge < -0.3 is 5.11 Å². The highest BCUT2D eigenvalue weighted by molar-refractivity contribution is 6.05. The number of allylic oxidation sites excluding steroid dienone is 1. The molecule has 0 aromatic carbocycles. The molecule has 0 aromatic heterocycles. The predicted molar refractivity (Wildman–Crippen MR) is 91.7 cm³/mol. The first-order valence-corrected chi connectivity index (χ1v) is 10.1. The molecular formula is C21H27NO3. The first-order chi connectivity index (χ1) is 11.8. The Balaban J connectivity index is 1.69. The SMILES string of the molecule is C[C@@H]1CN2C[C@H]3CCC4=C5[C@@](O)(CC[C@@]56C(=O)[C@@H]1C[C@@H]2[C@@]36C)CC4=O. The van der Waals surface area contributed by atoms with Gasteiger partial charge in [0.1, 0.15) is 5.78 Å². The number of piperidine rings is 1. The second kappa shape index (κ2) is 4.12. The second-order valence-electron chi connectivity index (χ2n) is 10.1. The molecule has 7 atom stereocenters. The van der Waals surface area contributed by atoms with Crippen molar-refractivity contribution in [2.45, 2.75) is 64.0 Å². The highest BCUT2D eigenvalue weighted by atomic mass is 16.3. The lowest BCUT2D eigenvalue weighted by atomic mass is 9.45. The lowest BCUT2D eigenvalue weighted by molar-refractivity contribution is -0.157. The Kier molecular flexibility index (Phi) is 2.49.